The molecular weight excluding hydrogens is 452 g/mol. The minimum atomic E-state index is -3.89. The number of fused-ring (bicyclic) bond motifs is 2. The average Bonchev–Trinajstić information content (AvgIpc) is 3.43. The number of anilines is 1. The molecule has 1 aliphatic heterocycles. The van der Waals surface area contributed by atoms with Gasteiger partial charge in [0.25, 0.3) is 10.0 Å². The molecule has 1 unspecified atom stereocenters. The fourth-order valence-corrected chi connectivity index (χ4v) is 6.13. The van der Waals surface area contributed by atoms with Gasteiger partial charge in [0.05, 0.1) is 16.1 Å². The molecule has 0 saturated heterocycles. The van der Waals surface area contributed by atoms with Crippen LogP contribution in [0.25, 0.3) is 10.9 Å². The summed E-state index contributed by atoms with van der Waals surface area (Å²) in [5.41, 5.74) is 2.92. The summed E-state index contributed by atoms with van der Waals surface area (Å²) < 4.78 is 33.5. The minimum Gasteiger partial charge on any atom is -0.454 e. The van der Waals surface area contributed by atoms with Gasteiger partial charge < -0.3 is 9.72 Å². The Morgan fingerprint density at radius 1 is 1.03 bits per heavy atom. The van der Waals surface area contributed by atoms with Gasteiger partial charge in [0.2, 0.25) is 5.78 Å². The highest BCUT2D eigenvalue weighted by Crippen LogP contribution is 2.36. The van der Waals surface area contributed by atoms with Crippen molar-refractivity contribution >= 4 is 38.4 Å². The van der Waals surface area contributed by atoms with Crippen LogP contribution >= 0.6 is 0 Å². The standard InChI is InChI=1S/C26H22N2O5S/c1-17-13-18-7-2-5-12-24(18)28(17)34(31,32)20-9-6-8-19(14-20)26(30)33-16-25(29)22-15-27-23-11-4-3-10-21(22)23/h2-12,14-15,17,27H,13,16H2,1H3. The number of hydrogen-bond acceptors (Lipinski definition) is 5. The Morgan fingerprint density at radius 2 is 1.79 bits per heavy atom. The van der Waals surface area contributed by atoms with Crippen molar-refractivity contribution in [2.75, 3.05) is 10.9 Å². The molecule has 0 amide bonds. The lowest BCUT2D eigenvalue weighted by atomic mass is 10.1. The van der Waals surface area contributed by atoms with Crippen molar-refractivity contribution in [1.82, 2.24) is 4.98 Å². The lowest BCUT2D eigenvalue weighted by Crippen LogP contribution is -2.35. The van der Waals surface area contributed by atoms with Gasteiger partial charge in [-0.1, -0.05) is 42.5 Å². The van der Waals surface area contributed by atoms with Crippen LogP contribution in [0.3, 0.4) is 0 Å². The van der Waals surface area contributed by atoms with Crippen LogP contribution in [0.15, 0.2) is 83.9 Å². The molecule has 172 valence electrons. The van der Waals surface area contributed by atoms with Crippen LogP contribution in [0.1, 0.15) is 33.2 Å². The number of aromatic nitrogens is 1. The van der Waals surface area contributed by atoms with Crippen LogP contribution in [-0.4, -0.2) is 37.8 Å². The molecule has 1 N–H and O–H groups in total. The third-order valence-corrected chi connectivity index (χ3v) is 7.92. The number of sulfonamides is 1. The van der Waals surface area contributed by atoms with Crippen molar-refractivity contribution in [3.05, 3.63) is 95.7 Å². The molecule has 0 saturated carbocycles. The van der Waals surface area contributed by atoms with Gasteiger partial charge in [-0.3, -0.25) is 9.10 Å². The molecule has 1 aromatic heterocycles. The highest BCUT2D eigenvalue weighted by atomic mass is 32.2. The third-order valence-electron chi connectivity index (χ3n) is 6.00. The van der Waals surface area contributed by atoms with Crippen molar-refractivity contribution in [1.29, 1.82) is 0 Å². The van der Waals surface area contributed by atoms with Gasteiger partial charge in [0.15, 0.2) is 6.61 Å². The first kappa shape index (κ1) is 21.9. The van der Waals surface area contributed by atoms with E-state index in [2.05, 4.69) is 4.98 Å². The topological polar surface area (TPSA) is 96.5 Å². The van der Waals surface area contributed by atoms with Crippen molar-refractivity contribution in [2.45, 2.75) is 24.3 Å². The molecule has 1 aliphatic rings. The van der Waals surface area contributed by atoms with E-state index in [9.17, 15) is 18.0 Å². The van der Waals surface area contributed by atoms with Gasteiger partial charge >= 0.3 is 5.97 Å². The van der Waals surface area contributed by atoms with Gasteiger partial charge in [0, 0.05) is 28.7 Å². The lowest BCUT2D eigenvalue weighted by Gasteiger charge is -2.24. The number of hydrogen-bond donors (Lipinski definition) is 1. The molecule has 5 rings (SSSR count). The number of H-pyrrole nitrogens is 1. The molecule has 34 heavy (non-hydrogen) atoms. The maximum absolute atomic E-state index is 13.4. The first-order chi connectivity index (χ1) is 16.4. The van der Waals surface area contributed by atoms with E-state index in [1.54, 1.807) is 18.3 Å². The summed E-state index contributed by atoms with van der Waals surface area (Å²) >= 11 is 0. The number of benzene rings is 3. The Morgan fingerprint density at radius 3 is 2.65 bits per heavy atom. The van der Waals surface area contributed by atoms with E-state index in [4.69, 9.17) is 4.74 Å². The summed E-state index contributed by atoms with van der Waals surface area (Å²) in [6.07, 6.45) is 2.20. The Balaban J connectivity index is 1.35. The molecule has 8 heteroatoms. The fourth-order valence-electron chi connectivity index (χ4n) is 4.39. The summed E-state index contributed by atoms with van der Waals surface area (Å²) in [4.78, 5) is 28.3. The summed E-state index contributed by atoms with van der Waals surface area (Å²) in [7, 11) is -3.89. The Bertz CT molecular complexity index is 1520. The largest absolute Gasteiger partial charge is 0.454 e. The van der Waals surface area contributed by atoms with E-state index in [0.717, 1.165) is 16.5 Å². The van der Waals surface area contributed by atoms with Crippen molar-refractivity contribution < 1.29 is 22.7 Å². The number of carbonyl (C=O) groups excluding carboxylic acids is 2. The molecule has 2 heterocycles. The van der Waals surface area contributed by atoms with E-state index >= 15 is 0 Å². The van der Waals surface area contributed by atoms with E-state index in [1.807, 2.05) is 43.3 Å². The number of Topliss-reactive ketones (excluding diaryl/α,β-unsaturated/α-hetero) is 1. The van der Waals surface area contributed by atoms with Crippen LogP contribution < -0.4 is 4.31 Å². The monoisotopic (exact) mass is 474 g/mol. The van der Waals surface area contributed by atoms with Crippen LogP contribution in [0.4, 0.5) is 5.69 Å². The SMILES string of the molecule is CC1Cc2ccccc2N1S(=O)(=O)c1cccc(C(=O)OCC(=O)c2c[nH]c3ccccc23)c1. The molecule has 4 aromatic rings. The summed E-state index contributed by atoms with van der Waals surface area (Å²) in [6.45, 7) is 1.40. The minimum absolute atomic E-state index is 0.00606. The maximum Gasteiger partial charge on any atom is 0.338 e. The van der Waals surface area contributed by atoms with Crippen LogP contribution in [0.5, 0.6) is 0 Å². The third kappa shape index (κ3) is 3.76. The quantitative estimate of drug-likeness (QED) is 0.331. The Hall–Kier alpha value is -3.91. The second-order valence-electron chi connectivity index (χ2n) is 8.26. The molecule has 3 aromatic carbocycles. The molecule has 7 nitrogen and oxygen atoms in total. The maximum atomic E-state index is 13.4. The molecular formula is C26H22N2O5S. The number of nitrogens with one attached hydrogen (secondary N) is 1. The zero-order valence-electron chi connectivity index (χ0n) is 18.4. The van der Waals surface area contributed by atoms with Gasteiger partial charge in [-0.2, -0.15) is 0 Å². The zero-order valence-corrected chi connectivity index (χ0v) is 19.2. The molecule has 0 bridgehead atoms. The summed E-state index contributed by atoms with van der Waals surface area (Å²) in [5.74, 6) is -1.11. The zero-order chi connectivity index (χ0) is 23.9. The van der Waals surface area contributed by atoms with E-state index in [0.29, 0.717) is 17.7 Å². The van der Waals surface area contributed by atoms with Crippen LogP contribution in [0.2, 0.25) is 0 Å². The van der Waals surface area contributed by atoms with Crippen LogP contribution in [0, 0.1) is 0 Å². The number of esters is 1. The summed E-state index contributed by atoms with van der Waals surface area (Å²) in [6, 6.07) is 20.2. The van der Waals surface area contributed by atoms with Gasteiger partial charge in [-0.15, -0.1) is 0 Å². The number of carbonyl (C=O) groups is 2. The highest BCUT2D eigenvalue weighted by molar-refractivity contribution is 7.92. The second kappa shape index (κ2) is 8.46. The van der Waals surface area contributed by atoms with Gasteiger partial charge in [-0.05, 0) is 49.2 Å². The predicted octanol–water partition coefficient (Wildman–Crippen LogP) is 4.35. The van der Waals surface area contributed by atoms with E-state index in [1.165, 1.54) is 28.6 Å². The lowest BCUT2D eigenvalue weighted by molar-refractivity contribution is 0.0475. The number of nitrogens with zero attached hydrogens (tertiary/aromatic N) is 1. The number of aromatic amines is 1. The number of ether oxygens (including phenoxy) is 1. The number of para-hydroxylation sites is 2. The normalized spacial score (nSPS) is 15.3. The molecule has 1 atom stereocenters. The molecule has 0 aliphatic carbocycles. The predicted molar refractivity (Wildman–Crippen MR) is 129 cm³/mol. The van der Waals surface area contributed by atoms with Gasteiger partial charge in [0.1, 0.15) is 0 Å². The van der Waals surface area contributed by atoms with Crippen molar-refractivity contribution in [3.8, 4) is 0 Å². The second-order valence-corrected chi connectivity index (χ2v) is 10.1. The Kier molecular flexibility index (Phi) is 5.45. The number of ketones is 1. The number of rotatable bonds is 6. The van der Waals surface area contributed by atoms with Crippen LogP contribution in [-0.2, 0) is 21.2 Å². The van der Waals surface area contributed by atoms with Crippen molar-refractivity contribution in [2.24, 2.45) is 0 Å². The molecule has 0 fully saturated rings. The van der Waals surface area contributed by atoms with E-state index in [-0.39, 0.29) is 22.3 Å². The van der Waals surface area contributed by atoms with Crippen molar-refractivity contribution in [3.63, 3.8) is 0 Å². The first-order valence-electron chi connectivity index (χ1n) is 10.8. The molecule has 0 spiro atoms. The highest BCUT2D eigenvalue weighted by Gasteiger charge is 2.36. The first-order valence-corrected chi connectivity index (χ1v) is 12.3. The summed E-state index contributed by atoms with van der Waals surface area (Å²) in [5, 5.41) is 0.747. The Labute approximate surface area is 197 Å². The van der Waals surface area contributed by atoms with E-state index < -0.39 is 22.6 Å². The average molecular weight is 475 g/mol. The fraction of sp³-hybridized carbons (Fsp3) is 0.154. The van der Waals surface area contributed by atoms with Gasteiger partial charge in [-0.25, -0.2) is 13.2 Å². The smallest absolute Gasteiger partial charge is 0.338 e. The molecule has 0 radical (unpaired) electrons.